The summed E-state index contributed by atoms with van der Waals surface area (Å²) in [7, 11) is 1.07. The Morgan fingerprint density at radius 2 is 1.72 bits per heavy atom. The van der Waals surface area contributed by atoms with Gasteiger partial charge < -0.3 is 9.47 Å². The summed E-state index contributed by atoms with van der Waals surface area (Å²) in [6.45, 7) is 0. The molecule has 0 bridgehead atoms. The first-order valence-electron chi connectivity index (χ1n) is 4.77. The predicted octanol–water partition coefficient (Wildman–Crippen LogP) is 1.87. The van der Waals surface area contributed by atoms with Crippen molar-refractivity contribution in [3.63, 3.8) is 0 Å². The number of ketones is 1. The zero-order chi connectivity index (χ0) is 13.8. The zero-order valence-electron chi connectivity index (χ0n) is 9.28. The van der Waals surface area contributed by atoms with Crippen LogP contribution in [0.3, 0.4) is 0 Å². The van der Waals surface area contributed by atoms with Crippen LogP contribution < -0.4 is 4.74 Å². The Hall–Kier alpha value is -2.05. The third-order valence-corrected chi connectivity index (χ3v) is 1.93. The van der Waals surface area contributed by atoms with Gasteiger partial charge in [0.1, 0.15) is 5.75 Å². The molecule has 0 unspecified atom stereocenters. The number of carbonyl (C=O) groups excluding carboxylic acids is 2. The van der Waals surface area contributed by atoms with Gasteiger partial charge in [-0.15, -0.1) is 13.2 Å². The van der Waals surface area contributed by atoms with Crippen LogP contribution >= 0.6 is 0 Å². The van der Waals surface area contributed by atoms with Gasteiger partial charge >= 0.3 is 12.3 Å². The lowest BCUT2D eigenvalue weighted by molar-refractivity contribution is -0.274. The van der Waals surface area contributed by atoms with E-state index in [1.807, 2.05) is 0 Å². The van der Waals surface area contributed by atoms with Gasteiger partial charge in [0.25, 0.3) is 0 Å². The van der Waals surface area contributed by atoms with Crippen molar-refractivity contribution in [3.8, 4) is 5.75 Å². The lowest BCUT2D eigenvalue weighted by atomic mass is 10.1. The molecule has 4 nitrogen and oxygen atoms in total. The number of esters is 1. The lowest BCUT2D eigenvalue weighted by Crippen LogP contribution is -2.18. The highest BCUT2D eigenvalue weighted by Crippen LogP contribution is 2.22. The first-order chi connectivity index (χ1) is 8.31. The van der Waals surface area contributed by atoms with E-state index in [0.29, 0.717) is 5.56 Å². The number of methoxy groups -OCH3 is 1. The standard InChI is InChI=1S/C11H9F3O4/c1-17-10(16)9(15)6-7-2-4-8(5-3-7)18-11(12,13)14/h2-5H,6H2,1H3. The molecule has 1 rings (SSSR count). The number of ether oxygens (including phenoxy) is 2. The first kappa shape index (κ1) is 14.0. The summed E-state index contributed by atoms with van der Waals surface area (Å²) < 4.78 is 43.5. The zero-order valence-corrected chi connectivity index (χ0v) is 9.28. The molecule has 0 N–H and O–H groups in total. The summed E-state index contributed by atoms with van der Waals surface area (Å²) >= 11 is 0. The fourth-order valence-electron chi connectivity index (χ4n) is 1.18. The van der Waals surface area contributed by atoms with E-state index in [2.05, 4.69) is 9.47 Å². The second-order valence-electron chi connectivity index (χ2n) is 3.28. The minimum Gasteiger partial charge on any atom is -0.463 e. The number of hydrogen-bond acceptors (Lipinski definition) is 4. The molecule has 1 aromatic carbocycles. The molecule has 0 aliphatic rings. The Kier molecular flexibility index (Phi) is 4.30. The average molecular weight is 262 g/mol. The van der Waals surface area contributed by atoms with Gasteiger partial charge in [-0.05, 0) is 17.7 Å². The largest absolute Gasteiger partial charge is 0.573 e. The molecule has 0 aromatic heterocycles. The molecule has 0 saturated carbocycles. The summed E-state index contributed by atoms with van der Waals surface area (Å²) in [5, 5.41) is 0. The van der Waals surface area contributed by atoms with Crippen molar-refractivity contribution in [2.45, 2.75) is 12.8 Å². The molecule has 98 valence electrons. The SMILES string of the molecule is COC(=O)C(=O)Cc1ccc(OC(F)(F)F)cc1. The van der Waals surface area contributed by atoms with Gasteiger partial charge in [0.05, 0.1) is 7.11 Å². The van der Waals surface area contributed by atoms with E-state index in [1.165, 1.54) is 12.1 Å². The molecule has 7 heteroatoms. The maximum Gasteiger partial charge on any atom is 0.573 e. The second kappa shape index (κ2) is 5.52. The minimum absolute atomic E-state index is 0.237. The lowest BCUT2D eigenvalue weighted by Gasteiger charge is -2.08. The van der Waals surface area contributed by atoms with Gasteiger partial charge in [-0.3, -0.25) is 4.79 Å². The summed E-state index contributed by atoms with van der Waals surface area (Å²) in [6, 6.07) is 4.66. The smallest absolute Gasteiger partial charge is 0.463 e. The maximum absolute atomic E-state index is 11.9. The topological polar surface area (TPSA) is 52.6 Å². The number of halogens is 3. The van der Waals surface area contributed by atoms with Crippen molar-refractivity contribution in [2.75, 3.05) is 7.11 Å². The third kappa shape index (κ3) is 4.44. The van der Waals surface area contributed by atoms with Crippen LogP contribution in [-0.2, 0) is 20.7 Å². The Morgan fingerprint density at radius 1 is 1.17 bits per heavy atom. The predicted molar refractivity (Wildman–Crippen MR) is 53.9 cm³/mol. The molecule has 0 atom stereocenters. The van der Waals surface area contributed by atoms with Gasteiger partial charge in [-0.2, -0.15) is 0 Å². The van der Waals surface area contributed by atoms with Crippen LogP contribution in [0.15, 0.2) is 24.3 Å². The molecule has 0 heterocycles. The van der Waals surface area contributed by atoms with Crippen LogP contribution in [0.25, 0.3) is 0 Å². The second-order valence-corrected chi connectivity index (χ2v) is 3.28. The number of rotatable bonds is 4. The molecule has 18 heavy (non-hydrogen) atoms. The minimum atomic E-state index is -4.76. The van der Waals surface area contributed by atoms with Gasteiger partial charge in [0, 0.05) is 6.42 Å². The molecule has 0 fully saturated rings. The maximum atomic E-state index is 11.9. The van der Waals surface area contributed by atoms with Crippen LogP contribution in [0, 0.1) is 0 Å². The van der Waals surface area contributed by atoms with Crippen molar-refractivity contribution in [2.24, 2.45) is 0 Å². The average Bonchev–Trinajstić information content (AvgIpc) is 2.28. The highest BCUT2D eigenvalue weighted by molar-refractivity contribution is 6.34. The number of carbonyl (C=O) groups is 2. The van der Waals surface area contributed by atoms with E-state index in [1.54, 1.807) is 0 Å². The van der Waals surface area contributed by atoms with Crippen molar-refractivity contribution in [1.29, 1.82) is 0 Å². The molecule has 0 radical (unpaired) electrons. The van der Waals surface area contributed by atoms with E-state index in [9.17, 15) is 22.8 Å². The van der Waals surface area contributed by atoms with Crippen molar-refractivity contribution >= 4 is 11.8 Å². The van der Waals surface area contributed by atoms with E-state index in [0.717, 1.165) is 19.2 Å². The van der Waals surface area contributed by atoms with Crippen LogP contribution in [-0.4, -0.2) is 25.2 Å². The van der Waals surface area contributed by atoms with E-state index >= 15 is 0 Å². The van der Waals surface area contributed by atoms with Crippen LogP contribution in [0.2, 0.25) is 0 Å². The monoisotopic (exact) mass is 262 g/mol. The van der Waals surface area contributed by atoms with Crippen molar-refractivity contribution in [1.82, 2.24) is 0 Å². The van der Waals surface area contributed by atoms with E-state index in [4.69, 9.17) is 0 Å². The van der Waals surface area contributed by atoms with Gasteiger partial charge in [-0.25, -0.2) is 4.79 Å². The van der Waals surface area contributed by atoms with Crippen LogP contribution in [0.4, 0.5) is 13.2 Å². The quantitative estimate of drug-likeness (QED) is 0.614. The molecule has 0 aliphatic heterocycles. The summed E-state index contributed by atoms with van der Waals surface area (Å²) in [5.74, 6) is -2.16. The fourth-order valence-corrected chi connectivity index (χ4v) is 1.18. The fraction of sp³-hybridized carbons (Fsp3) is 0.273. The summed E-state index contributed by atoms with van der Waals surface area (Å²) in [4.78, 5) is 22.0. The molecule has 0 amide bonds. The first-order valence-corrected chi connectivity index (χ1v) is 4.77. The Labute approximate surface area is 100 Å². The highest BCUT2D eigenvalue weighted by atomic mass is 19.4. The normalized spacial score (nSPS) is 10.9. The van der Waals surface area contributed by atoms with Crippen LogP contribution in [0.5, 0.6) is 5.75 Å². The van der Waals surface area contributed by atoms with Crippen LogP contribution in [0.1, 0.15) is 5.56 Å². The highest BCUT2D eigenvalue weighted by Gasteiger charge is 2.31. The van der Waals surface area contributed by atoms with E-state index in [-0.39, 0.29) is 6.42 Å². The molecular weight excluding hydrogens is 253 g/mol. The van der Waals surface area contributed by atoms with Gasteiger partial charge in [0.15, 0.2) is 0 Å². The molecule has 1 aromatic rings. The number of alkyl halides is 3. The number of Topliss-reactive ketones (excluding diaryl/α,β-unsaturated/α-hetero) is 1. The van der Waals surface area contributed by atoms with Gasteiger partial charge in [-0.1, -0.05) is 12.1 Å². The Balaban J connectivity index is 2.66. The summed E-state index contributed by atoms with van der Waals surface area (Å²) in [5.41, 5.74) is 0.389. The van der Waals surface area contributed by atoms with E-state index < -0.39 is 23.9 Å². The van der Waals surface area contributed by atoms with Crippen molar-refractivity contribution < 1.29 is 32.2 Å². The molecule has 0 saturated heterocycles. The molecule has 0 aliphatic carbocycles. The molecule has 0 spiro atoms. The summed E-state index contributed by atoms with van der Waals surface area (Å²) in [6.07, 6.45) is -5.00. The third-order valence-electron chi connectivity index (χ3n) is 1.93. The van der Waals surface area contributed by atoms with Crippen molar-refractivity contribution in [3.05, 3.63) is 29.8 Å². The number of hydrogen-bond donors (Lipinski definition) is 0. The number of benzene rings is 1. The Morgan fingerprint density at radius 3 is 2.17 bits per heavy atom. The van der Waals surface area contributed by atoms with Gasteiger partial charge in [0.2, 0.25) is 5.78 Å². The Bertz CT molecular complexity index is 437. The molecular formula is C11H9F3O4.